The lowest BCUT2D eigenvalue weighted by Gasteiger charge is -2.38. The Bertz CT molecular complexity index is 923. The molecule has 1 aromatic carbocycles. The molecular formula is C38H69NO5. The molecular weight excluding hydrogens is 550 g/mol. The van der Waals surface area contributed by atoms with E-state index in [0.717, 1.165) is 65.9 Å². The summed E-state index contributed by atoms with van der Waals surface area (Å²) in [6.45, 7) is 20.7. The van der Waals surface area contributed by atoms with Crippen LogP contribution in [-0.2, 0) is 22.3 Å². The quantitative estimate of drug-likeness (QED) is 0.0942. The first-order valence-electron chi connectivity index (χ1n) is 17.6. The minimum absolute atomic E-state index is 0.0664. The van der Waals surface area contributed by atoms with Crippen LogP contribution in [0.3, 0.4) is 0 Å². The second-order valence-corrected chi connectivity index (χ2v) is 13.8. The zero-order chi connectivity index (χ0) is 33.0. The van der Waals surface area contributed by atoms with Crippen molar-refractivity contribution in [3.05, 3.63) is 34.4 Å². The summed E-state index contributed by atoms with van der Waals surface area (Å²) in [6, 6.07) is 0. The highest BCUT2D eigenvalue weighted by Gasteiger charge is 2.34. The van der Waals surface area contributed by atoms with E-state index in [-0.39, 0.29) is 12.2 Å². The van der Waals surface area contributed by atoms with Gasteiger partial charge in [0, 0.05) is 17.7 Å². The van der Waals surface area contributed by atoms with Crippen molar-refractivity contribution >= 4 is 0 Å². The van der Waals surface area contributed by atoms with Gasteiger partial charge in [0.05, 0.1) is 33.0 Å². The van der Waals surface area contributed by atoms with Crippen LogP contribution < -0.4 is 10.5 Å². The Morgan fingerprint density at radius 2 is 1.48 bits per heavy atom. The Labute approximate surface area is 271 Å². The number of phenols is 1. The average molecular weight is 620 g/mol. The number of nitrogens with two attached hydrogens (primary N) is 1. The first kappa shape index (κ1) is 40.4. The molecule has 6 heteroatoms. The molecule has 2 rings (SSSR count). The van der Waals surface area contributed by atoms with Gasteiger partial charge >= 0.3 is 0 Å². The van der Waals surface area contributed by atoms with Gasteiger partial charge in [0.1, 0.15) is 17.1 Å². The molecule has 0 fully saturated rings. The molecule has 4 N–H and O–H groups in total. The zero-order valence-electron chi connectivity index (χ0n) is 29.8. The van der Waals surface area contributed by atoms with Gasteiger partial charge in [0.25, 0.3) is 0 Å². The molecule has 0 amide bonds. The van der Waals surface area contributed by atoms with E-state index < -0.39 is 0 Å². The second kappa shape index (κ2) is 22.8. The molecule has 256 valence electrons. The summed E-state index contributed by atoms with van der Waals surface area (Å²) in [4.78, 5) is 0. The average Bonchev–Trinajstić information content (AvgIpc) is 2.98. The largest absolute Gasteiger partial charge is 0.507 e. The number of benzene rings is 1. The standard InChI is InChI=1S/C32H54O2.C6H15NO3/c1-9-10-19-28-27(7)31-29(26(6)30(28)33)20-22-32(8,34-31)21-13-18-25(5)17-12-16-24(4)15-11-14-23(2)3;7-1-3-9-5-6-10-4-2-8/h9-10,23-25,33H,11-22H2,1-8H3;8H,1-7H2. The van der Waals surface area contributed by atoms with Gasteiger partial charge in [-0.1, -0.05) is 84.8 Å². The number of hydrogen-bond acceptors (Lipinski definition) is 6. The maximum absolute atomic E-state index is 10.8. The van der Waals surface area contributed by atoms with Crippen LogP contribution in [0.5, 0.6) is 11.5 Å². The molecule has 3 unspecified atom stereocenters. The van der Waals surface area contributed by atoms with Gasteiger partial charge in [-0.25, -0.2) is 0 Å². The molecule has 0 bridgehead atoms. The Morgan fingerprint density at radius 1 is 0.886 bits per heavy atom. The molecule has 0 aromatic heterocycles. The summed E-state index contributed by atoms with van der Waals surface area (Å²) in [5.74, 6) is 4.03. The minimum atomic E-state index is -0.0936. The molecule has 0 saturated carbocycles. The van der Waals surface area contributed by atoms with Crippen LogP contribution >= 0.6 is 0 Å². The minimum Gasteiger partial charge on any atom is -0.507 e. The van der Waals surface area contributed by atoms with Crippen molar-refractivity contribution in [1.29, 1.82) is 0 Å². The summed E-state index contributed by atoms with van der Waals surface area (Å²) in [5, 5.41) is 19.1. The second-order valence-electron chi connectivity index (χ2n) is 13.8. The summed E-state index contributed by atoms with van der Waals surface area (Å²) in [5.41, 5.74) is 9.44. The van der Waals surface area contributed by atoms with E-state index in [0.29, 0.717) is 38.7 Å². The van der Waals surface area contributed by atoms with Crippen molar-refractivity contribution in [3.8, 4) is 11.5 Å². The van der Waals surface area contributed by atoms with Crippen molar-refractivity contribution in [2.24, 2.45) is 23.5 Å². The van der Waals surface area contributed by atoms with Gasteiger partial charge in [0.2, 0.25) is 0 Å². The van der Waals surface area contributed by atoms with Gasteiger partial charge in [-0.05, 0) is 88.7 Å². The van der Waals surface area contributed by atoms with Crippen LogP contribution in [0.25, 0.3) is 0 Å². The number of phenolic OH excluding ortho intramolecular Hbond substituents is 1. The summed E-state index contributed by atoms with van der Waals surface area (Å²) < 4.78 is 16.6. The van der Waals surface area contributed by atoms with Gasteiger partial charge in [0.15, 0.2) is 0 Å². The van der Waals surface area contributed by atoms with Gasteiger partial charge < -0.3 is 30.2 Å². The Balaban J connectivity index is 0.000000828. The Hall–Kier alpha value is -1.60. The predicted molar refractivity (Wildman–Crippen MR) is 186 cm³/mol. The van der Waals surface area contributed by atoms with Crippen molar-refractivity contribution in [3.63, 3.8) is 0 Å². The SMILES string of the molecule is CC=CCc1c(C)c2c(c(C)c1O)CCC(C)(CCCC(C)CCCC(C)CCCC(C)C)O2.NCCOCCOCCO. The third kappa shape index (κ3) is 15.6. The van der Waals surface area contributed by atoms with Crippen molar-refractivity contribution in [2.75, 3.05) is 39.6 Å². The predicted octanol–water partition coefficient (Wildman–Crippen LogP) is 8.62. The molecule has 1 heterocycles. The van der Waals surface area contributed by atoms with E-state index in [9.17, 15) is 5.11 Å². The maximum Gasteiger partial charge on any atom is 0.127 e. The first-order valence-corrected chi connectivity index (χ1v) is 17.6. The summed E-state index contributed by atoms with van der Waals surface area (Å²) in [7, 11) is 0. The Morgan fingerprint density at radius 3 is 2.05 bits per heavy atom. The summed E-state index contributed by atoms with van der Waals surface area (Å²) in [6.07, 6.45) is 18.9. The van der Waals surface area contributed by atoms with E-state index in [1.807, 2.05) is 19.9 Å². The van der Waals surface area contributed by atoms with Gasteiger partial charge in [-0.2, -0.15) is 0 Å². The summed E-state index contributed by atoms with van der Waals surface area (Å²) >= 11 is 0. The molecule has 1 aromatic rings. The lowest BCUT2D eigenvalue weighted by molar-refractivity contribution is 0.0354. The van der Waals surface area contributed by atoms with Crippen molar-refractivity contribution in [1.82, 2.24) is 0 Å². The third-order valence-electron chi connectivity index (χ3n) is 9.12. The number of ether oxygens (including phenoxy) is 3. The fraction of sp³-hybridized carbons (Fsp3) is 0.789. The van der Waals surface area contributed by atoms with Gasteiger partial charge in [-0.3, -0.25) is 0 Å². The monoisotopic (exact) mass is 620 g/mol. The normalized spacial score (nSPS) is 17.7. The van der Waals surface area contributed by atoms with Crippen LogP contribution in [0, 0.1) is 31.6 Å². The lowest BCUT2D eigenvalue weighted by atomic mass is 9.83. The van der Waals surface area contributed by atoms with Crippen LogP contribution in [0.1, 0.15) is 128 Å². The fourth-order valence-corrected chi connectivity index (χ4v) is 6.14. The van der Waals surface area contributed by atoms with E-state index in [4.69, 9.17) is 25.1 Å². The van der Waals surface area contributed by atoms with E-state index in [1.165, 1.54) is 56.9 Å². The highest BCUT2D eigenvalue weighted by atomic mass is 16.5. The number of hydrogen-bond donors (Lipinski definition) is 3. The highest BCUT2D eigenvalue weighted by Crippen LogP contribution is 2.45. The lowest BCUT2D eigenvalue weighted by Crippen LogP contribution is -2.37. The van der Waals surface area contributed by atoms with E-state index in [1.54, 1.807) is 0 Å². The van der Waals surface area contributed by atoms with Crippen LogP contribution in [-0.4, -0.2) is 55.4 Å². The van der Waals surface area contributed by atoms with Crippen molar-refractivity contribution < 1.29 is 24.4 Å². The smallest absolute Gasteiger partial charge is 0.127 e. The van der Waals surface area contributed by atoms with Crippen LogP contribution in [0.15, 0.2) is 12.2 Å². The topological polar surface area (TPSA) is 94.2 Å². The number of aliphatic hydroxyl groups is 1. The molecule has 1 aliphatic heterocycles. The van der Waals surface area contributed by atoms with Crippen LogP contribution in [0.4, 0.5) is 0 Å². The fourth-order valence-electron chi connectivity index (χ4n) is 6.14. The molecule has 0 saturated heterocycles. The molecule has 0 aliphatic carbocycles. The Kier molecular flexibility index (Phi) is 21.0. The molecule has 6 nitrogen and oxygen atoms in total. The maximum atomic E-state index is 10.8. The number of allylic oxidation sites excluding steroid dienone is 2. The molecule has 0 spiro atoms. The number of aromatic hydroxyl groups is 1. The molecule has 0 radical (unpaired) electrons. The molecule has 3 atom stereocenters. The molecule has 44 heavy (non-hydrogen) atoms. The van der Waals surface area contributed by atoms with E-state index >= 15 is 0 Å². The first-order chi connectivity index (χ1) is 21.0. The van der Waals surface area contributed by atoms with Gasteiger partial charge in [-0.15, -0.1) is 0 Å². The van der Waals surface area contributed by atoms with Crippen LogP contribution in [0.2, 0.25) is 0 Å². The zero-order valence-corrected chi connectivity index (χ0v) is 29.8. The third-order valence-corrected chi connectivity index (χ3v) is 9.12. The highest BCUT2D eigenvalue weighted by molar-refractivity contribution is 5.59. The number of aliphatic hydroxyl groups excluding tert-OH is 1. The molecule has 1 aliphatic rings. The van der Waals surface area contributed by atoms with E-state index in [2.05, 4.69) is 47.6 Å². The number of rotatable bonds is 21. The van der Waals surface area contributed by atoms with Crippen molar-refractivity contribution in [2.45, 2.75) is 138 Å². The number of fused-ring (bicyclic) bond motifs is 1.